The summed E-state index contributed by atoms with van der Waals surface area (Å²) < 4.78 is 2.13. The Labute approximate surface area is 169 Å². The fourth-order valence-corrected chi connectivity index (χ4v) is 3.96. The monoisotopic (exact) mass is 390 g/mol. The Hall–Kier alpha value is -2.45. The molecular weight excluding hydrogens is 360 g/mol. The minimum Gasteiger partial charge on any atom is -0.328 e. The molecule has 0 aliphatic rings. The van der Waals surface area contributed by atoms with Crippen molar-refractivity contribution in [2.45, 2.75) is 59.7 Å². The third kappa shape index (κ3) is 3.38. The molecule has 0 radical (unpaired) electrons. The van der Waals surface area contributed by atoms with E-state index < -0.39 is 8.07 Å². The van der Waals surface area contributed by atoms with Gasteiger partial charge in [-0.05, 0) is 37.4 Å². The second-order valence-electron chi connectivity index (χ2n) is 9.17. The third-order valence-electron chi connectivity index (χ3n) is 6.19. The number of aromatic nitrogens is 4. The summed E-state index contributed by atoms with van der Waals surface area (Å²) in [5.74, 6) is 3.47. The number of pyridine rings is 1. The lowest BCUT2D eigenvalue weighted by atomic mass is 10.0. The summed E-state index contributed by atoms with van der Waals surface area (Å²) in [6.45, 7) is 17.8. The van der Waals surface area contributed by atoms with E-state index in [0.29, 0.717) is 0 Å². The van der Waals surface area contributed by atoms with Crippen LogP contribution in [0.2, 0.25) is 18.1 Å². The van der Waals surface area contributed by atoms with E-state index in [1.807, 2.05) is 13.1 Å². The molecule has 3 aromatic rings. The molecule has 0 amide bonds. The zero-order chi connectivity index (χ0) is 20.9. The van der Waals surface area contributed by atoms with Crippen LogP contribution in [-0.4, -0.2) is 27.6 Å². The maximum absolute atomic E-state index is 4.68. The van der Waals surface area contributed by atoms with Crippen molar-refractivity contribution in [1.29, 1.82) is 0 Å². The van der Waals surface area contributed by atoms with Crippen molar-refractivity contribution >= 4 is 19.1 Å². The summed E-state index contributed by atoms with van der Waals surface area (Å²) in [6, 6.07) is 2.17. The molecule has 0 saturated carbocycles. The molecule has 0 saturated heterocycles. The number of fused-ring (bicyclic) bond motifs is 1. The Morgan fingerprint density at radius 2 is 1.68 bits per heavy atom. The molecule has 0 spiro atoms. The van der Waals surface area contributed by atoms with Gasteiger partial charge in [-0.2, -0.15) is 0 Å². The molecule has 5 heteroatoms. The average molecular weight is 391 g/mol. The first-order valence-electron chi connectivity index (χ1n) is 9.71. The molecule has 3 rings (SSSR count). The zero-order valence-electron chi connectivity index (χ0n) is 18.5. The molecule has 0 aromatic carbocycles. The Morgan fingerprint density at radius 1 is 1.00 bits per heavy atom. The van der Waals surface area contributed by atoms with E-state index in [-0.39, 0.29) is 5.04 Å². The van der Waals surface area contributed by atoms with Gasteiger partial charge in [0.1, 0.15) is 20.0 Å². The summed E-state index contributed by atoms with van der Waals surface area (Å²) in [4.78, 5) is 13.5. The maximum atomic E-state index is 4.68. The number of nitrogens with zero attached hydrogens (tertiary/aromatic N) is 4. The first-order chi connectivity index (χ1) is 12.9. The predicted molar refractivity (Wildman–Crippen MR) is 120 cm³/mol. The van der Waals surface area contributed by atoms with Gasteiger partial charge in [0.25, 0.3) is 0 Å². The van der Waals surface area contributed by atoms with Crippen molar-refractivity contribution in [3.63, 3.8) is 0 Å². The SMILES string of the molecule is Cc1ncc(C#C[Si](C)(C)C(C)(C)C)c(C)c1-c1cc2c(C)ncnc2n1C. The van der Waals surface area contributed by atoms with E-state index in [1.165, 1.54) is 5.56 Å². The highest BCUT2D eigenvalue weighted by molar-refractivity contribution is 6.87. The Kier molecular flexibility index (Phi) is 4.97. The highest BCUT2D eigenvalue weighted by Gasteiger charge is 2.33. The number of aryl methyl sites for hydroxylation is 3. The molecular formula is C23H30N4Si. The lowest BCUT2D eigenvalue weighted by Gasteiger charge is -2.31. The second-order valence-corrected chi connectivity index (χ2v) is 14.2. The molecule has 0 atom stereocenters. The van der Waals surface area contributed by atoms with Crippen LogP contribution in [0.25, 0.3) is 22.3 Å². The van der Waals surface area contributed by atoms with Gasteiger partial charge in [-0.15, -0.1) is 5.54 Å². The summed E-state index contributed by atoms with van der Waals surface area (Å²) in [7, 11) is 0.375. The number of hydrogen-bond acceptors (Lipinski definition) is 3. The van der Waals surface area contributed by atoms with E-state index in [0.717, 1.165) is 39.2 Å². The van der Waals surface area contributed by atoms with Crippen LogP contribution in [0.3, 0.4) is 0 Å². The molecule has 146 valence electrons. The number of hydrogen-bond donors (Lipinski definition) is 0. The second kappa shape index (κ2) is 6.86. The summed E-state index contributed by atoms with van der Waals surface area (Å²) in [5, 5.41) is 1.32. The van der Waals surface area contributed by atoms with Gasteiger partial charge in [-0.1, -0.05) is 39.8 Å². The fourth-order valence-electron chi connectivity index (χ4n) is 3.14. The zero-order valence-corrected chi connectivity index (χ0v) is 19.5. The molecule has 3 aromatic heterocycles. The lowest BCUT2D eigenvalue weighted by Crippen LogP contribution is -2.35. The molecule has 28 heavy (non-hydrogen) atoms. The van der Waals surface area contributed by atoms with E-state index >= 15 is 0 Å². The van der Waals surface area contributed by atoms with Crippen LogP contribution in [0.5, 0.6) is 0 Å². The van der Waals surface area contributed by atoms with E-state index in [9.17, 15) is 0 Å². The van der Waals surface area contributed by atoms with E-state index in [2.05, 4.69) is 91.8 Å². The van der Waals surface area contributed by atoms with Crippen LogP contribution in [0.4, 0.5) is 0 Å². The topological polar surface area (TPSA) is 43.6 Å². The van der Waals surface area contributed by atoms with Gasteiger partial charge in [0, 0.05) is 35.5 Å². The minimum atomic E-state index is -1.68. The van der Waals surface area contributed by atoms with Gasteiger partial charge in [0.15, 0.2) is 0 Å². The average Bonchev–Trinajstić information content (AvgIpc) is 2.92. The first kappa shape index (κ1) is 20.3. The maximum Gasteiger partial charge on any atom is 0.143 e. The molecule has 3 heterocycles. The van der Waals surface area contributed by atoms with Gasteiger partial charge >= 0.3 is 0 Å². The molecule has 0 unspecified atom stereocenters. The van der Waals surface area contributed by atoms with Crippen molar-refractivity contribution in [3.8, 4) is 22.7 Å². The lowest BCUT2D eigenvalue weighted by molar-refractivity contribution is 0.731. The van der Waals surface area contributed by atoms with Crippen LogP contribution >= 0.6 is 0 Å². The minimum absolute atomic E-state index is 0.237. The largest absolute Gasteiger partial charge is 0.328 e. The van der Waals surface area contributed by atoms with Crippen molar-refractivity contribution in [2.75, 3.05) is 0 Å². The normalized spacial score (nSPS) is 12.2. The Bertz CT molecular complexity index is 1120. The first-order valence-corrected chi connectivity index (χ1v) is 12.7. The Morgan fingerprint density at radius 3 is 2.29 bits per heavy atom. The quantitative estimate of drug-likeness (QED) is 0.415. The predicted octanol–water partition coefficient (Wildman–Crippen LogP) is 5.35. The van der Waals surface area contributed by atoms with Crippen molar-refractivity contribution in [2.24, 2.45) is 7.05 Å². The summed E-state index contributed by atoms with van der Waals surface area (Å²) >= 11 is 0. The fraction of sp³-hybridized carbons (Fsp3) is 0.435. The molecule has 0 fully saturated rings. The smallest absolute Gasteiger partial charge is 0.143 e. The van der Waals surface area contributed by atoms with Crippen LogP contribution in [0.15, 0.2) is 18.6 Å². The molecule has 0 aliphatic heterocycles. The van der Waals surface area contributed by atoms with E-state index in [4.69, 9.17) is 0 Å². The molecule has 0 bridgehead atoms. The standard InChI is InChI=1S/C23H30N4Si/c1-15-18(10-11-28(8,9)23(4,5)6)13-24-17(3)21(15)20-12-19-16(2)25-14-26-22(19)27(20)7/h12-14H,1-9H3. The van der Waals surface area contributed by atoms with Gasteiger partial charge in [0.2, 0.25) is 0 Å². The van der Waals surface area contributed by atoms with Crippen molar-refractivity contribution in [1.82, 2.24) is 19.5 Å². The molecule has 0 aliphatic carbocycles. The van der Waals surface area contributed by atoms with Crippen LogP contribution in [0, 0.1) is 32.2 Å². The summed E-state index contributed by atoms with van der Waals surface area (Å²) in [5.41, 5.74) is 11.0. The van der Waals surface area contributed by atoms with Gasteiger partial charge in [0.05, 0.1) is 11.4 Å². The van der Waals surface area contributed by atoms with Crippen molar-refractivity contribution in [3.05, 3.63) is 41.1 Å². The Balaban J connectivity index is 2.20. The molecule has 0 N–H and O–H groups in total. The van der Waals surface area contributed by atoms with Crippen LogP contribution < -0.4 is 0 Å². The molecule has 4 nitrogen and oxygen atoms in total. The van der Waals surface area contributed by atoms with Crippen molar-refractivity contribution < 1.29 is 0 Å². The van der Waals surface area contributed by atoms with E-state index in [1.54, 1.807) is 6.33 Å². The van der Waals surface area contributed by atoms with Gasteiger partial charge in [-0.3, -0.25) is 4.98 Å². The number of rotatable bonds is 1. The van der Waals surface area contributed by atoms with Gasteiger partial charge in [-0.25, -0.2) is 9.97 Å². The highest BCUT2D eigenvalue weighted by atomic mass is 28.3. The summed E-state index contributed by atoms with van der Waals surface area (Å²) in [6.07, 6.45) is 3.54. The van der Waals surface area contributed by atoms with Crippen LogP contribution in [0.1, 0.15) is 43.3 Å². The van der Waals surface area contributed by atoms with Crippen LogP contribution in [-0.2, 0) is 7.05 Å². The highest BCUT2D eigenvalue weighted by Crippen LogP contribution is 2.36. The third-order valence-corrected chi connectivity index (χ3v) is 10.7. The van der Waals surface area contributed by atoms with Gasteiger partial charge < -0.3 is 4.57 Å².